The summed E-state index contributed by atoms with van der Waals surface area (Å²) in [4.78, 5) is 13.0. The average molecular weight is 208 g/mol. The molecule has 1 aromatic carbocycles. The second kappa shape index (κ2) is 6.03. The molecule has 0 atom stereocenters. The summed E-state index contributed by atoms with van der Waals surface area (Å²) in [7, 11) is 1.67. The van der Waals surface area contributed by atoms with Crippen molar-refractivity contribution in [2.75, 3.05) is 32.1 Å². The SMILES string of the molecule is CN(CCO)C(=O)CNc1ccccc1. The summed E-state index contributed by atoms with van der Waals surface area (Å²) in [6, 6.07) is 9.54. The topological polar surface area (TPSA) is 52.6 Å². The van der Waals surface area contributed by atoms with Gasteiger partial charge in [-0.15, -0.1) is 0 Å². The molecular formula is C11H16N2O2. The van der Waals surface area contributed by atoms with E-state index in [0.29, 0.717) is 6.54 Å². The molecule has 0 aliphatic carbocycles. The second-order valence-electron chi connectivity index (χ2n) is 3.26. The molecule has 4 nitrogen and oxygen atoms in total. The van der Waals surface area contributed by atoms with E-state index in [0.717, 1.165) is 5.69 Å². The number of likely N-dealkylation sites (N-methyl/N-ethyl adjacent to an activating group) is 1. The molecule has 0 fully saturated rings. The number of amides is 1. The van der Waals surface area contributed by atoms with Crippen molar-refractivity contribution in [3.63, 3.8) is 0 Å². The van der Waals surface area contributed by atoms with Crippen LogP contribution in [0.15, 0.2) is 30.3 Å². The highest BCUT2D eigenvalue weighted by atomic mass is 16.3. The van der Waals surface area contributed by atoms with Gasteiger partial charge in [0.2, 0.25) is 5.91 Å². The van der Waals surface area contributed by atoms with E-state index in [1.807, 2.05) is 30.3 Å². The number of nitrogens with one attached hydrogen (secondary N) is 1. The van der Waals surface area contributed by atoms with Crippen molar-refractivity contribution in [3.8, 4) is 0 Å². The number of anilines is 1. The summed E-state index contributed by atoms with van der Waals surface area (Å²) in [5.74, 6) is -0.0343. The molecule has 0 heterocycles. The number of aliphatic hydroxyl groups is 1. The van der Waals surface area contributed by atoms with Crippen LogP contribution in [0.3, 0.4) is 0 Å². The zero-order valence-electron chi connectivity index (χ0n) is 8.81. The quantitative estimate of drug-likeness (QED) is 0.743. The molecule has 0 spiro atoms. The highest BCUT2D eigenvalue weighted by Crippen LogP contribution is 2.03. The van der Waals surface area contributed by atoms with Gasteiger partial charge >= 0.3 is 0 Å². The Balaban J connectivity index is 2.34. The summed E-state index contributed by atoms with van der Waals surface area (Å²) >= 11 is 0. The molecule has 0 saturated heterocycles. The molecule has 82 valence electrons. The Morgan fingerprint density at radius 2 is 2.07 bits per heavy atom. The molecule has 1 rings (SSSR count). The van der Waals surface area contributed by atoms with Crippen molar-refractivity contribution in [1.29, 1.82) is 0 Å². The first kappa shape index (κ1) is 11.5. The van der Waals surface area contributed by atoms with Gasteiger partial charge in [0.1, 0.15) is 0 Å². The van der Waals surface area contributed by atoms with Crippen LogP contribution in [0.5, 0.6) is 0 Å². The Morgan fingerprint density at radius 3 is 2.67 bits per heavy atom. The fraction of sp³-hybridized carbons (Fsp3) is 0.364. The smallest absolute Gasteiger partial charge is 0.241 e. The Bertz CT molecular complexity index is 301. The number of rotatable bonds is 5. The molecule has 0 aliphatic heterocycles. The first-order valence-electron chi connectivity index (χ1n) is 4.88. The van der Waals surface area contributed by atoms with Crippen molar-refractivity contribution >= 4 is 11.6 Å². The Kier molecular flexibility index (Phi) is 4.63. The number of hydrogen-bond acceptors (Lipinski definition) is 3. The van der Waals surface area contributed by atoms with Crippen molar-refractivity contribution in [3.05, 3.63) is 30.3 Å². The van der Waals surface area contributed by atoms with E-state index in [1.165, 1.54) is 4.90 Å². The lowest BCUT2D eigenvalue weighted by Crippen LogP contribution is -2.34. The van der Waals surface area contributed by atoms with Crippen LogP contribution in [0.1, 0.15) is 0 Å². The van der Waals surface area contributed by atoms with Crippen LogP contribution >= 0.6 is 0 Å². The number of carbonyl (C=O) groups excluding carboxylic acids is 1. The van der Waals surface area contributed by atoms with Gasteiger partial charge in [-0.2, -0.15) is 0 Å². The number of benzene rings is 1. The van der Waals surface area contributed by atoms with Gasteiger partial charge in [-0.3, -0.25) is 4.79 Å². The van der Waals surface area contributed by atoms with Crippen LogP contribution in [0.2, 0.25) is 0 Å². The van der Waals surface area contributed by atoms with Gasteiger partial charge in [-0.05, 0) is 12.1 Å². The lowest BCUT2D eigenvalue weighted by molar-refractivity contribution is -0.128. The van der Waals surface area contributed by atoms with E-state index < -0.39 is 0 Å². The molecule has 4 heteroatoms. The van der Waals surface area contributed by atoms with Crippen molar-refractivity contribution in [2.45, 2.75) is 0 Å². The maximum Gasteiger partial charge on any atom is 0.241 e. The summed E-state index contributed by atoms with van der Waals surface area (Å²) in [6.07, 6.45) is 0. The summed E-state index contributed by atoms with van der Waals surface area (Å²) in [5, 5.41) is 11.7. The first-order valence-corrected chi connectivity index (χ1v) is 4.88. The third-order valence-corrected chi connectivity index (χ3v) is 2.08. The fourth-order valence-corrected chi connectivity index (χ4v) is 1.14. The third kappa shape index (κ3) is 3.99. The number of hydrogen-bond donors (Lipinski definition) is 2. The Morgan fingerprint density at radius 1 is 1.40 bits per heavy atom. The maximum absolute atomic E-state index is 11.5. The van der Waals surface area contributed by atoms with E-state index in [9.17, 15) is 4.79 Å². The first-order chi connectivity index (χ1) is 7.24. The minimum Gasteiger partial charge on any atom is -0.395 e. The molecule has 0 aliphatic rings. The number of carbonyl (C=O) groups is 1. The van der Waals surface area contributed by atoms with Gasteiger partial charge in [0, 0.05) is 19.3 Å². The molecule has 0 saturated carbocycles. The molecule has 0 aromatic heterocycles. The Labute approximate surface area is 89.5 Å². The zero-order chi connectivity index (χ0) is 11.1. The standard InChI is InChI=1S/C11H16N2O2/c1-13(7-8-14)11(15)9-12-10-5-3-2-4-6-10/h2-6,12,14H,7-9H2,1H3. The van der Waals surface area contributed by atoms with Crippen molar-refractivity contribution in [1.82, 2.24) is 4.90 Å². The highest BCUT2D eigenvalue weighted by Gasteiger charge is 2.06. The van der Waals surface area contributed by atoms with Gasteiger partial charge < -0.3 is 15.3 Å². The molecular weight excluding hydrogens is 192 g/mol. The second-order valence-corrected chi connectivity index (χ2v) is 3.26. The van der Waals surface area contributed by atoms with E-state index in [4.69, 9.17) is 5.11 Å². The number of nitrogens with zero attached hydrogens (tertiary/aromatic N) is 1. The zero-order valence-corrected chi connectivity index (χ0v) is 8.81. The highest BCUT2D eigenvalue weighted by molar-refractivity contribution is 5.80. The van der Waals surface area contributed by atoms with E-state index in [2.05, 4.69) is 5.32 Å². The van der Waals surface area contributed by atoms with Crippen LogP contribution in [0, 0.1) is 0 Å². The van der Waals surface area contributed by atoms with Gasteiger partial charge in [-0.1, -0.05) is 18.2 Å². The fourth-order valence-electron chi connectivity index (χ4n) is 1.14. The lowest BCUT2D eigenvalue weighted by atomic mass is 10.3. The minimum atomic E-state index is -0.0343. The van der Waals surface area contributed by atoms with Crippen LogP contribution in [0.4, 0.5) is 5.69 Å². The lowest BCUT2D eigenvalue weighted by Gasteiger charge is -2.16. The molecule has 0 bridgehead atoms. The molecule has 0 radical (unpaired) electrons. The normalized spacial score (nSPS) is 9.73. The van der Waals surface area contributed by atoms with Crippen molar-refractivity contribution in [2.24, 2.45) is 0 Å². The molecule has 0 unspecified atom stereocenters. The van der Waals surface area contributed by atoms with Crippen LogP contribution in [-0.4, -0.2) is 42.7 Å². The summed E-state index contributed by atoms with van der Waals surface area (Å²) < 4.78 is 0. The number of aliphatic hydroxyl groups excluding tert-OH is 1. The van der Waals surface area contributed by atoms with Gasteiger partial charge in [0.25, 0.3) is 0 Å². The van der Waals surface area contributed by atoms with Crippen LogP contribution in [0.25, 0.3) is 0 Å². The van der Waals surface area contributed by atoms with Gasteiger partial charge in [0.05, 0.1) is 13.2 Å². The largest absolute Gasteiger partial charge is 0.395 e. The van der Waals surface area contributed by atoms with Crippen LogP contribution in [-0.2, 0) is 4.79 Å². The molecule has 1 aromatic rings. The predicted molar refractivity (Wildman–Crippen MR) is 59.7 cm³/mol. The van der Waals surface area contributed by atoms with E-state index >= 15 is 0 Å². The average Bonchev–Trinajstić information content (AvgIpc) is 2.27. The third-order valence-electron chi connectivity index (χ3n) is 2.08. The molecule has 15 heavy (non-hydrogen) atoms. The minimum absolute atomic E-state index is 0.00637. The van der Waals surface area contributed by atoms with Crippen LogP contribution < -0.4 is 5.32 Å². The summed E-state index contributed by atoms with van der Waals surface area (Å²) in [6.45, 7) is 0.614. The van der Waals surface area contributed by atoms with Gasteiger partial charge in [0.15, 0.2) is 0 Å². The van der Waals surface area contributed by atoms with Crippen molar-refractivity contribution < 1.29 is 9.90 Å². The van der Waals surface area contributed by atoms with E-state index in [-0.39, 0.29) is 19.1 Å². The predicted octanol–water partition coefficient (Wildman–Crippen LogP) is 0.549. The Hall–Kier alpha value is -1.55. The molecule has 1 amide bonds. The molecule has 2 N–H and O–H groups in total. The monoisotopic (exact) mass is 208 g/mol. The summed E-state index contributed by atoms with van der Waals surface area (Å²) in [5.41, 5.74) is 0.920. The maximum atomic E-state index is 11.5. The van der Waals surface area contributed by atoms with Gasteiger partial charge in [-0.25, -0.2) is 0 Å². The number of para-hydroxylation sites is 1. The van der Waals surface area contributed by atoms with E-state index in [1.54, 1.807) is 7.05 Å².